The minimum absolute atomic E-state index is 0.0299. The van der Waals surface area contributed by atoms with E-state index in [1.807, 2.05) is 35.9 Å². The second kappa shape index (κ2) is 9.05. The molecule has 0 aliphatic heterocycles. The summed E-state index contributed by atoms with van der Waals surface area (Å²) in [6.45, 7) is 3.53. The van der Waals surface area contributed by atoms with Crippen molar-refractivity contribution in [1.82, 2.24) is 14.7 Å². The molecule has 0 aliphatic rings. The third kappa shape index (κ3) is 5.32. The van der Waals surface area contributed by atoms with E-state index in [-0.39, 0.29) is 35.0 Å². The standard InChI is InChI=1S/C22H22N4O4S/c1-3-20(28)26-31(29,30)17-10-6-15(7-11-17)12-19(27)21-22(23)24-13-18(25-21)16-8-4-14(2)5-9-16/h4-11,13H,3,12H2,1-2H3,(H2,23,24)(H,26,28). The number of nitrogens with one attached hydrogen (secondary N) is 1. The van der Waals surface area contributed by atoms with Gasteiger partial charge in [0.05, 0.1) is 16.8 Å². The van der Waals surface area contributed by atoms with Crippen LogP contribution in [0.25, 0.3) is 11.3 Å². The Labute approximate surface area is 180 Å². The number of rotatable bonds is 7. The number of anilines is 1. The van der Waals surface area contributed by atoms with E-state index in [1.54, 1.807) is 6.92 Å². The van der Waals surface area contributed by atoms with Gasteiger partial charge >= 0.3 is 0 Å². The summed E-state index contributed by atoms with van der Waals surface area (Å²) < 4.78 is 26.3. The zero-order valence-electron chi connectivity index (χ0n) is 17.1. The number of nitrogens with two attached hydrogens (primary N) is 1. The fourth-order valence-corrected chi connectivity index (χ4v) is 3.86. The Balaban J connectivity index is 1.79. The van der Waals surface area contributed by atoms with E-state index in [1.165, 1.54) is 30.5 Å². The maximum atomic E-state index is 12.8. The van der Waals surface area contributed by atoms with Crippen LogP contribution in [0.4, 0.5) is 5.82 Å². The van der Waals surface area contributed by atoms with Crippen LogP contribution in [0.2, 0.25) is 0 Å². The first-order chi connectivity index (χ1) is 14.7. The predicted molar refractivity (Wildman–Crippen MR) is 117 cm³/mol. The van der Waals surface area contributed by atoms with Gasteiger partial charge in [-0.25, -0.2) is 23.1 Å². The van der Waals surface area contributed by atoms with Crippen molar-refractivity contribution in [2.75, 3.05) is 5.73 Å². The number of nitrogen functional groups attached to an aromatic ring is 1. The molecule has 2 aromatic carbocycles. The van der Waals surface area contributed by atoms with Crippen LogP contribution in [0, 0.1) is 6.92 Å². The minimum atomic E-state index is -3.94. The summed E-state index contributed by atoms with van der Waals surface area (Å²) in [5, 5.41) is 0. The highest BCUT2D eigenvalue weighted by molar-refractivity contribution is 7.90. The molecule has 1 amide bonds. The average Bonchev–Trinajstić information content (AvgIpc) is 2.74. The van der Waals surface area contributed by atoms with Gasteiger partial charge in [0.1, 0.15) is 5.69 Å². The van der Waals surface area contributed by atoms with Crippen LogP contribution in [0.15, 0.2) is 59.6 Å². The lowest BCUT2D eigenvalue weighted by Gasteiger charge is -2.08. The van der Waals surface area contributed by atoms with Crippen LogP contribution < -0.4 is 10.5 Å². The topological polar surface area (TPSA) is 132 Å². The van der Waals surface area contributed by atoms with Gasteiger partial charge in [-0.2, -0.15) is 0 Å². The number of amides is 1. The lowest BCUT2D eigenvalue weighted by atomic mass is 10.1. The molecule has 31 heavy (non-hydrogen) atoms. The quantitative estimate of drug-likeness (QED) is 0.542. The van der Waals surface area contributed by atoms with Crippen molar-refractivity contribution in [3.05, 3.63) is 71.5 Å². The number of aromatic nitrogens is 2. The Kier molecular flexibility index (Phi) is 6.45. The van der Waals surface area contributed by atoms with Crippen LogP contribution in [-0.2, 0) is 21.2 Å². The molecule has 3 rings (SSSR count). The molecule has 0 saturated heterocycles. The third-order valence-electron chi connectivity index (χ3n) is 4.58. The smallest absolute Gasteiger partial charge is 0.264 e. The van der Waals surface area contributed by atoms with Crippen molar-refractivity contribution in [2.45, 2.75) is 31.6 Å². The van der Waals surface area contributed by atoms with Gasteiger partial charge in [-0.15, -0.1) is 0 Å². The van der Waals surface area contributed by atoms with Crippen LogP contribution >= 0.6 is 0 Å². The van der Waals surface area contributed by atoms with Gasteiger partial charge in [-0.1, -0.05) is 48.9 Å². The molecule has 9 heteroatoms. The number of hydrogen-bond acceptors (Lipinski definition) is 7. The number of Topliss-reactive ketones (excluding diaryl/α,β-unsaturated/α-hetero) is 1. The number of carbonyl (C=O) groups excluding carboxylic acids is 2. The van der Waals surface area contributed by atoms with E-state index in [0.717, 1.165) is 11.1 Å². The van der Waals surface area contributed by atoms with Gasteiger partial charge in [0.15, 0.2) is 11.6 Å². The maximum absolute atomic E-state index is 12.8. The van der Waals surface area contributed by atoms with Crippen molar-refractivity contribution >= 4 is 27.5 Å². The predicted octanol–water partition coefficient (Wildman–Crippen LogP) is 2.67. The van der Waals surface area contributed by atoms with Crippen molar-refractivity contribution in [3.8, 4) is 11.3 Å². The van der Waals surface area contributed by atoms with Crippen LogP contribution in [0.1, 0.15) is 35.0 Å². The largest absolute Gasteiger partial charge is 0.382 e. The fourth-order valence-electron chi connectivity index (χ4n) is 2.80. The molecule has 3 N–H and O–H groups in total. The molecule has 160 valence electrons. The average molecular weight is 439 g/mol. The zero-order chi connectivity index (χ0) is 22.6. The van der Waals surface area contributed by atoms with E-state index >= 15 is 0 Å². The van der Waals surface area contributed by atoms with E-state index in [4.69, 9.17) is 5.73 Å². The summed E-state index contributed by atoms with van der Waals surface area (Å²) in [5.41, 5.74) is 8.96. The highest BCUT2D eigenvalue weighted by atomic mass is 32.2. The van der Waals surface area contributed by atoms with Crippen LogP contribution in [0.5, 0.6) is 0 Å². The summed E-state index contributed by atoms with van der Waals surface area (Å²) in [6.07, 6.45) is 1.54. The normalized spacial score (nSPS) is 11.2. The Hall–Kier alpha value is -3.59. The number of nitrogens with zero attached hydrogens (tertiary/aromatic N) is 2. The number of hydrogen-bond donors (Lipinski definition) is 2. The highest BCUT2D eigenvalue weighted by Gasteiger charge is 2.18. The van der Waals surface area contributed by atoms with Crippen molar-refractivity contribution in [3.63, 3.8) is 0 Å². The first-order valence-electron chi connectivity index (χ1n) is 9.57. The molecule has 0 fully saturated rings. The highest BCUT2D eigenvalue weighted by Crippen LogP contribution is 2.20. The Morgan fingerprint density at radius 2 is 1.68 bits per heavy atom. The number of carbonyl (C=O) groups is 2. The molecule has 3 aromatic rings. The molecule has 0 atom stereocenters. The molecular formula is C22H22N4O4S. The van der Waals surface area contributed by atoms with Gasteiger partial charge in [0, 0.05) is 18.4 Å². The molecule has 0 radical (unpaired) electrons. The monoisotopic (exact) mass is 438 g/mol. The summed E-state index contributed by atoms with van der Waals surface area (Å²) in [4.78, 5) is 32.6. The second-order valence-electron chi connectivity index (χ2n) is 6.98. The number of aryl methyl sites for hydroxylation is 1. The van der Waals surface area contributed by atoms with Crippen molar-refractivity contribution in [1.29, 1.82) is 0 Å². The first kappa shape index (κ1) is 22.1. The van der Waals surface area contributed by atoms with Gasteiger partial charge in [-0.05, 0) is 24.6 Å². The summed E-state index contributed by atoms with van der Waals surface area (Å²) in [7, 11) is -3.94. The van der Waals surface area contributed by atoms with E-state index in [0.29, 0.717) is 11.3 Å². The molecule has 8 nitrogen and oxygen atoms in total. The summed E-state index contributed by atoms with van der Waals surface area (Å²) >= 11 is 0. The molecule has 0 unspecified atom stereocenters. The van der Waals surface area contributed by atoms with Gasteiger partial charge < -0.3 is 5.73 Å². The Morgan fingerprint density at radius 1 is 1.03 bits per heavy atom. The van der Waals surface area contributed by atoms with Gasteiger partial charge in [0.25, 0.3) is 10.0 Å². The van der Waals surface area contributed by atoms with E-state index in [2.05, 4.69) is 9.97 Å². The first-order valence-corrected chi connectivity index (χ1v) is 11.0. The van der Waals surface area contributed by atoms with Crippen molar-refractivity contribution < 1.29 is 18.0 Å². The molecule has 0 aliphatic carbocycles. The zero-order valence-corrected chi connectivity index (χ0v) is 17.9. The van der Waals surface area contributed by atoms with Crippen LogP contribution in [-0.4, -0.2) is 30.1 Å². The molecule has 1 heterocycles. The summed E-state index contributed by atoms with van der Waals surface area (Å²) in [5.74, 6) is -0.905. The van der Waals surface area contributed by atoms with Crippen LogP contribution in [0.3, 0.4) is 0 Å². The number of benzene rings is 2. The molecule has 0 saturated carbocycles. The molecule has 0 bridgehead atoms. The van der Waals surface area contributed by atoms with Crippen molar-refractivity contribution in [2.24, 2.45) is 0 Å². The fraction of sp³-hybridized carbons (Fsp3) is 0.182. The van der Waals surface area contributed by atoms with Gasteiger partial charge in [0.2, 0.25) is 5.91 Å². The minimum Gasteiger partial charge on any atom is -0.382 e. The lowest BCUT2D eigenvalue weighted by Crippen LogP contribution is -2.29. The number of sulfonamides is 1. The maximum Gasteiger partial charge on any atom is 0.264 e. The Morgan fingerprint density at radius 3 is 2.29 bits per heavy atom. The van der Waals surface area contributed by atoms with Gasteiger partial charge in [-0.3, -0.25) is 9.59 Å². The second-order valence-corrected chi connectivity index (χ2v) is 8.66. The SMILES string of the molecule is CCC(=O)NS(=O)(=O)c1ccc(CC(=O)c2nc(-c3ccc(C)cc3)cnc2N)cc1. The van der Waals surface area contributed by atoms with E-state index in [9.17, 15) is 18.0 Å². The third-order valence-corrected chi connectivity index (χ3v) is 5.97. The Bertz CT molecular complexity index is 1220. The number of ketones is 1. The van der Waals surface area contributed by atoms with E-state index < -0.39 is 15.9 Å². The molecule has 1 aromatic heterocycles. The molecular weight excluding hydrogens is 416 g/mol. The summed E-state index contributed by atoms with van der Waals surface area (Å²) in [6, 6.07) is 13.4. The molecule has 0 spiro atoms. The lowest BCUT2D eigenvalue weighted by molar-refractivity contribution is -0.119.